The van der Waals surface area contributed by atoms with Gasteiger partial charge in [0.05, 0.1) is 5.56 Å². The van der Waals surface area contributed by atoms with Crippen molar-refractivity contribution < 1.29 is 8.94 Å². The average molecular weight is 213 g/mol. The molecular weight excluding hydrogens is 206 g/mol. The van der Waals surface area contributed by atoms with Crippen LogP contribution in [-0.2, 0) is 0 Å². The third-order valence-corrected chi connectivity index (χ3v) is 2.36. The lowest BCUT2D eigenvalue weighted by Gasteiger charge is -1.97. The van der Waals surface area contributed by atoms with E-state index in [0.29, 0.717) is 16.8 Å². The van der Waals surface area contributed by atoms with Gasteiger partial charge in [0.15, 0.2) is 0 Å². The number of rotatable bonds is 1. The summed E-state index contributed by atoms with van der Waals surface area (Å²) >= 11 is 0. The monoisotopic (exact) mass is 213 g/mol. The van der Waals surface area contributed by atoms with Crippen molar-refractivity contribution in [1.29, 1.82) is 0 Å². The second-order valence-electron chi connectivity index (χ2n) is 3.37. The van der Waals surface area contributed by atoms with Gasteiger partial charge in [-0.1, -0.05) is 23.4 Å². The summed E-state index contributed by atoms with van der Waals surface area (Å²) in [4.78, 5) is 11.7. The zero-order valence-corrected chi connectivity index (χ0v) is 8.21. The van der Waals surface area contributed by atoms with Crippen LogP contribution < -0.4 is 5.63 Å². The maximum absolute atomic E-state index is 11.7. The van der Waals surface area contributed by atoms with E-state index >= 15 is 0 Å². The Bertz CT molecular complexity index is 683. The van der Waals surface area contributed by atoms with Gasteiger partial charge in [0.1, 0.15) is 17.5 Å². The molecule has 0 aliphatic heterocycles. The van der Waals surface area contributed by atoms with Crippen LogP contribution in [0.5, 0.6) is 0 Å². The Labute approximate surface area is 90.1 Å². The van der Waals surface area contributed by atoms with Crippen molar-refractivity contribution in [3.8, 4) is 11.3 Å². The number of hydrogen-bond donors (Lipinski definition) is 0. The summed E-state index contributed by atoms with van der Waals surface area (Å²) in [6.07, 6.45) is 1.42. The fraction of sp³-hybridized carbons (Fsp3) is 0. The normalized spacial score (nSPS) is 10.8. The molecule has 0 saturated carbocycles. The Morgan fingerprint density at radius 2 is 2.00 bits per heavy atom. The molecular formula is C12H7NO3. The molecule has 4 nitrogen and oxygen atoms in total. The minimum Gasteiger partial charge on any atom is -0.422 e. The van der Waals surface area contributed by atoms with E-state index < -0.39 is 5.63 Å². The first-order valence-corrected chi connectivity index (χ1v) is 4.78. The molecule has 0 bridgehead atoms. The third kappa shape index (κ3) is 1.32. The predicted molar refractivity (Wildman–Crippen MR) is 58.0 cm³/mol. The highest BCUT2D eigenvalue weighted by molar-refractivity contribution is 5.80. The number of fused-ring (bicyclic) bond motifs is 1. The van der Waals surface area contributed by atoms with Crippen molar-refractivity contribution >= 4 is 11.0 Å². The van der Waals surface area contributed by atoms with Gasteiger partial charge < -0.3 is 8.94 Å². The van der Waals surface area contributed by atoms with Gasteiger partial charge in [-0.05, 0) is 12.1 Å². The minimum atomic E-state index is -0.410. The molecule has 2 aromatic heterocycles. The third-order valence-electron chi connectivity index (χ3n) is 2.36. The van der Waals surface area contributed by atoms with E-state index in [2.05, 4.69) is 5.16 Å². The van der Waals surface area contributed by atoms with Crippen molar-refractivity contribution in [3.63, 3.8) is 0 Å². The molecule has 78 valence electrons. The number of aromatic nitrogens is 1. The SMILES string of the molecule is O=c1oc2ccccc2cc1-c1ccon1. The summed E-state index contributed by atoms with van der Waals surface area (Å²) in [5.74, 6) is 0. The van der Waals surface area contributed by atoms with Gasteiger partial charge >= 0.3 is 5.63 Å². The van der Waals surface area contributed by atoms with Crippen LogP contribution in [0.25, 0.3) is 22.2 Å². The Kier molecular flexibility index (Phi) is 1.86. The summed E-state index contributed by atoms with van der Waals surface area (Å²) in [5, 5.41) is 4.58. The summed E-state index contributed by atoms with van der Waals surface area (Å²) in [6, 6.07) is 10.7. The van der Waals surface area contributed by atoms with Crippen molar-refractivity contribution in [2.24, 2.45) is 0 Å². The van der Waals surface area contributed by atoms with E-state index in [-0.39, 0.29) is 0 Å². The number of hydrogen-bond acceptors (Lipinski definition) is 4. The molecule has 0 saturated heterocycles. The molecule has 0 spiro atoms. The molecule has 0 radical (unpaired) electrons. The predicted octanol–water partition coefficient (Wildman–Crippen LogP) is 2.45. The average Bonchev–Trinajstić information content (AvgIpc) is 2.81. The lowest BCUT2D eigenvalue weighted by molar-refractivity contribution is 0.422. The van der Waals surface area contributed by atoms with Crippen LogP contribution in [0, 0.1) is 0 Å². The van der Waals surface area contributed by atoms with Crippen molar-refractivity contribution in [1.82, 2.24) is 5.16 Å². The van der Waals surface area contributed by atoms with E-state index in [0.717, 1.165) is 5.39 Å². The van der Waals surface area contributed by atoms with Crippen LogP contribution in [0.2, 0.25) is 0 Å². The van der Waals surface area contributed by atoms with Crippen LogP contribution in [0.4, 0.5) is 0 Å². The summed E-state index contributed by atoms with van der Waals surface area (Å²) in [7, 11) is 0. The molecule has 1 aromatic carbocycles. The minimum absolute atomic E-state index is 0.410. The highest BCUT2D eigenvalue weighted by Gasteiger charge is 2.09. The van der Waals surface area contributed by atoms with Crippen LogP contribution in [0.1, 0.15) is 0 Å². The molecule has 0 fully saturated rings. The molecule has 0 aliphatic carbocycles. The van der Waals surface area contributed by atoms with Gasteiger partial charge in [-0.25, -0.2) is 4.79 Å². The van der Waals surface area contributed by atoms with Crippen molar-refractivity contribution in [3.05, 3.63) is 53.1 Å². The molecule has 0 amide bonds. The molecule has 0 N–H and O–H groups in total. The molecule has 2 heterocycles. The van der Waals surface area contributed by atoms with Gasteiger partial charge in [-0.3, -0.25) is 0 Å². The second-order valence-corrected chi connectivity index (χ2v) is 3.37. The molecule has 4 heteroatoms. The second kappa shape index (κ2) is 3.34. The Morgan fingerprint density at radius 1 is 1.12 bits per heavy atom. The van der Waals surface area contributed by atoms with Crippen molar-refractivity contribution in [2.75, 3.05) is 0 Å². The van der Waals surface area contributed by atoms with Crippen LogP contribution in [0.3, 0.4) is 0 Å². The fourth-order valence-electron chi connectivity index (χ4n) is 1.59. The highest BCUT2D eigenvalue weighted by Crippen LogP contribution is 2.18. The van der Waals surface area contributed by atoms with E-state index in [1.807, 2.05) is 18.2 Å². The van der Waals surface area contributed by atoms with Gasteiger partial charge in [0, 0.05) is 11.5 Å². The first kappa shape index (κ1) is 8.91. The smallest absolute Gasteiger partial charge is 0.345 e. The van der Waals surface area contributed by atoms with Gasteiger partial charge in [0.2, 0.25) is 0 Å². The Hall–Kier alpha value is -2.36. The molecule has 16 heavy (non-hydrogen) atoms. The lowest BCUT2D eigenvalue weighted by Crippen LogP contribution is -2.02. The maximum Gasteiger partial charge on any atom is 0.345 e. The summed E-state index contributed by atoms with van der Waals surface area (Å²) in [5.41, 5.74) is 1.05. The van der Waals surface area contributed by atoms with Crippen LogP contribution in [0.15, 0.2) is 56.4 Å². The summed E-state index contributed by atoms with van der Waals surface area (Å²) < 4.78 is 9.88. The van der Waals surface area contributed by atoms with Gasteiger partial charge in [-0.15, -0.1) is 0 Å². The number of benzene rings is 1. The van der Waals surface area contributed by atoms with Gasteiger partial charge in [0.25, 0.3) is 0 Å². The quantitative estimate of drug-likeness (QED) is 0.582. The molecule has 0 unspecified atom stereocenters. The zero-order valence-electron chi connectivity index (χ0n) is 8.21. The summed E-state index contributed by atoms with van der Waals surface area (Å²) in [6.45, 7) is 0. The first-order valence-electron chi connectivity index (χ1n) is 4.78. The van der Waals surface area contributed by atoms with E-state index in [4.69, 9.17) is 8.94 Å². The lowest BCUT2D eigenvalue weighted by atomic mass is 10.1. The molecule has 0 aliphatic rings. The van der Waals surface area contributed by atoms with Crippen LogP contribution in [-0.4, -0.2) is 5.16 Å². The Morgan fingerprint density at radius 3 is 2.81 bits per heavy atom. The van der Waals surface area contributed by atoms with E-state index in [1.54, 1.807) is 18.2 Å². The van der Waals surface area contributed by atoms with E-state index in [9.17, 15) is 4.79 Å². The first-order chi connectivity index (χ1) is 7.84. The highest BCUT2D eigenvalue weighted by atomic mass is 16.5. The number of para-hydroxylation sites is 1. The fourth-order valence-corrected chi connectivity index (χ4v) is 1.59. The standard InChI is InChI=1S/C12H7NO3/c14-12-9(10-5-6-15-13-10)7-8-3-1-2-4-11(8)16-12/h1-7H. The molecule has 3 rings (SSSR count). The maximum atomic E-state index is 11.7. The molecule has 0 atom stereocenters. The largest absolute Gasteiger partial charge is 0.422 e. The Balaban J connectivity index is 2.34. The van der Waals surface area contributed by atoms with E-state index in [1.165, 1.54) is 6.26 Å². The zero-order chi connectivity index (χ0) is 11.0. The van der Waals surface area contributed by atoms with Crippen molar-refractivity contribution in [2.45, 2.75) is 0 Å². The number of nitrogens with zero attached hydrogens (tertiary/aromatic N) is 1. The molecule has 3 aromatic rings. The van der Waals surface area contributed by atoms with Crippen LogP contribution >= 0.6 is 0 Å². The topological polar surface area (TPSA) is 56.2 Å². The van der Waals surface area contributed by atoms with Gasteiger partial charge in [-0.2, -0.15) is 0 Å².